The van der Waals surface area contributed by atoms with Crippen LogP contribution in [0.2, 0.25) is 0 Å². The molecule has 1 fully saturated rings. The lowest BCUT2D eigenvalue weighted by atomic mass is 9.91. The molecule has 1 atom stereocenters. The number of unbranched alkanes of at least 4 members (excludes halogenated alkanes) is 1. The third-order valence-corrected chi connectivity index (χ3v) is 7.09. The van der Waals surface area contributed by atoms with E-state index in [4.69, 9.17) is 0 Å². The van der Waals surface area contributed by atoms with Crippen LogP contribution in [0.5, 0.6) is 0 Å². The highest BCUT2D eigenvalue weighted by Crippen LogP contribution is 2.41. The molecule has 3 aromatic rings. The zero-order chi connectivity index (χ0) is 25.3. The molecule has 1 aliphatic heterocycles. The van der Waals surface area contributed by atoms with E-state index >= 15 is 0 Å². The Balaban J connectivity index is 1.47. The van der Waals surface area contributed by atoms with Crippen LogP contribution in [0, 0.1) is 5.95 Å². The molecule has 1 aliphatic carbocycles. The van der Waals surface area contributed by atoms with Gasteiger partial charge in [-0.25, -0.2) is 4.98 Å². The number of allylic oxidation sites excluding steroid dienone is 1. The molecule has 192 valence electrons. The summed E-state index contributed by atoms with van der Waals surface area (Å²) in [5.41, 5.74) is 2.70. The van der Waals surface area contributed by atoms with Crippen molar-refractivity contribution in [1.82, 2.24) is 25.1 Å². The first-order valence-electron chi connectivity index (χ1n) is 12.6. The van der Waals surface area contributed by atoms with E-state index < -0.39 is 18.5 Å². The van der Waals surface area contributed by atoms with Crippen LogP contribution in [0.15, 0.2) is 30.1 Å². The summed E-state index contributed by atoms with van der Waals surface area (Å²) in [6, 6.07) is 3.63. The molecule has 1 saturated heterocycles. The first-order valence-corrected chi connectivity index (χ1v) is 12.6. The average Bonchev–Trinajstić information content (AvgIpc) is 3.40. The van der Waals surface area contributed by atoms with Gasteiger partial charge in [0, 0.05) is 24.7 Å². The van der Waals surface area contributed by atoms with Gasteiger partial charge in [-0.05, 0) is 55.8 Å². The van der Waals surface area contributed by atoms with Crippen molar-refractivity contribution in [2.45, 2.75) is 64.1 Å². The molecule has 0 saturated carbocycles. The summed E-state index contributed by atoms with van der Waals surface area (Å²) >= 11 is 0. The minimum absolute atomic E-state index is 0.252. The lowest BCUT2D eigenvalue weighted by molar-refractivity contribution is -0.127. The van der Waals surface area contributed by atoms with E-state index in [2.05, 4.69) is 37.3 Å². The summed E-state index contributed by atoms with van der Waals surface area (Å²) < 4.78 is 55.2. The number of benzene rings is 1. The van der Waals surface area contributed by atoms with Gasteiger partial charge in [-0.2, -0.15) is 22.7 Å². The van der Waals surface area contributed by atoms with Gasteiger partial charge in [-0.3, -0.25) is 10.1 Å². The zero-order valence-corrected chi connectivity index (χ0v) is 20.3. The average molecular weight is 503 g/mol. The van der Waals surface area contributed by atoms with Gasteiger partial charge >= 0.3 is 6.18 Å². The molecule has 1 aromatic carbocycles. The maximum absolute atomic E-state index is 14.6. The summed E-state index contributed by atoms with van der Waals surface area (Å²) in [5, 5.41) is 10.1. The fourth-order valence-electron chi connectivity index (χ4n) is 5.44. The number of nitrogens with one attached hydrogen (secondary N) is 2. The summed E-state index contributed by atoms with van der Waals surface area (Å²) in [6.45, 7) is 5.23. The number of alkyl halides is 3. The molecule has 2 aliphatic rings. The first kappa shape index (κ1) is 24.7. The van der Waals surface area contributed by atoms with Crippen molar-refractivity contribution in [1.29, 1.82) is 0 Å². The summed E-state index contributed by atoms with van der Waals surface area (Å²) in [5.74, 6) is 0.0277. The number of anilines is 1. The highest BCUT2D eigenvalue weighted by atomic mass is 19.4. The molecule has 0 amide bonds. The predicted molar refractivity (Wildman–Crippen MR) is 131 cm³/mol. The van der Waals surface area contributed by atoms with E-state index in [0.717, 1.165) is 32.5 Å². The largest absolute Gasteiger partial charge is 0.392 e. The quantitative estimate of drug-likeness (QED) is 0.396. The number of halogens is 4. The molecule has 10 heteroatoms. The van der Waals surface area contributed by atoms with Crippen LogP contribution >= 0.6 is 0 Å². The van der Waals surface area contributed by atoms with E-state index in [1.54, 1.807) is 18.3 Å². The molecule has 0 bridgehead atoms. The highest BCUT2D eigenvalue weighted by Gasteiger charge is 2.33. The summed E-state index contributed by atoms with van der Waals surface area (Å²) in [4.78, 5) is 11.5. The molecule has 36 heavy (non-hydrogen) atoms. The lowest BCUT2D eigenvalue weighted by Gasteiger charge is -2.18. The highest BCUT2D eigenvalue weighted by molar-refractivity contribution is 5.92. The van der Waals surface area contributed by atoms with Crippen LogP contribution in [-0.4, -0.2) is 56.9 Å². The van der Waals surface area contributed by atoms with Crippen LogP contribution in [0.4, 0.5) is 23.4 Å². The number of rotatable bonds is 7. The smallest absolute Gasteiger partial charge is 0.365 e. The first-order chi connectivity index (χ1) is 17.3. The molecule has 0 unspecified atom stereocenters. The zero-order valence-electron chi connectivity index (χ0n) is 20.3. The number of fused-ring (bicyclic) bond motifs is 3. The topological polar surface area (TPSA) is 69.7 Å². The number of hydrogen-bond acceptors (Lipinski definition) is 5. The van der Waals surface area contributed by atoms with Crippen LogP contribution < -0.4 is 5.32 Å². The molecule has 3 heterocycles. The van der Waals surface area contributed by atoms with E-state index in [-0.39, 0.29) is 18.0 Å². The van der Waals surface area contributed by atoms with Crippen molar-refractivity contribution in [2.24, 2.45) is 0 Å². The van der Waals surface area contributed by atoms with Crippen LogP contribution in [-0.2, 0) is 6.42 Å². The van der Waals surface area contributed by atoms with Gasteiger partial charge in [-0.15, -0.1) is 0 Å². The normalized spacial score (nSPS) is 19.1. The molecule has 2 N–H and O–H groups in total. The molecule has 5 rings (SSSR count). The van der Waals surface area contributed by atoms with Crippen molar-refractivity contribution < 1.29 is 17.6 Å². The van der Waals surface area contributed by atoms with Gasteiger partial charge < -0.3 is 10.2 Å². The van der Waals surface area contributed by atoms with Crippen molar-refractivity contribution in [2.75, 3.05) is 25.0 Å². The van der Waals surface area contributed by atoms with E-state index in [1.165, 1.54) is 12.6 Å². The predicted octanol–water partition coefficient (Wildman–Crippen LogP) is 5.87. The van der Waals surface area contributed by atoms with Gasteiger partial charge in [0.2, 0.25) is 5.95 Å². The Bertz CT molecular complexity index is 1250. The number of aromatic amines is 1. The Labute approximate surface area is 207 Å². The molecular weight excluding hydrogens is 472 g/mol. The lowest BCUT2D eigenvalue weighted by Crippen LogP contribution is -2.27. The fourth-order valence-corrected chi connectivity index (χ4v) is 5.44. The van der Waals surface area contributed by atoms with Gasteiger partial charge in [-0.1, -0.05) is 25.0 Å². The number of nitrogens with zero attached hydrogens (tertiary/aromatic N) is 4. The Morgan fingerprint density at radius 2 is 2.03 bits per heavy atom. The van der Waals surface area contributed by atoms with Crippen molar-refractivity contribution in [3.05, 3.63) is 52.9 Å². The number of H-pyrrole nitrogens is 1. The van der Waals surface area contributed by atoms with Crippen LogP contribution in [0.3, 0.4) is 0 Å². The van der Waals surface area contributed by atoms with Gasteiger partial charge in [0.05, 0.1) is 35.4 Å². The summed E-state index contributed by atoms with van der Waals surface area (Å²) in [6.07, 6.45) is 2.25. The molecular formula is C26H30F4N6. The number of aryl methyl sites for hydroxylation is 1. The second kappa shape index (κ2) is 10.2. The number of likely N-dealkylation sites (tertiary alicyclic amines) is 1. The minimum Gasteiger partial charge on any atom is -0.365 e. The van der Waals surface area contributed by atoms with Crippen molar-refractivity contribution in [3.8, 4) is 0 Å². The van der Waals surface area contributed by atoms with Gasteiger partial charge in [0.25, 0.3) is 0 Å². The van der Waals surface area contributed by atoms with E-state index in [1.807, 2.05) is 0 Å². The third kappa shape index (κ3) is 5.23. The van der Waals surface area contributed by atoms with E-state index in [9.17, 15) is 17.6 Å². The van der Waals surface area contributed by atoms with Crippen LogP contribution in [0.1, 0.15) is 62.3 Å². The SMILES string of the molecule is CCCCN1CC[C@@H](Nc2cnc(C3=C(CC(F)(F)F)CCCc4c3ccc3n[nH]c(F)c43)cn2)C1. The van der Waals surface area contributed by atoms with Crippen LogP contribution in [0.25, 0.3) is 16.5 Å². The second-order valence-electron chi connectivity index (χ2n) is 9.72. The molecule has 0 radical (unpaired) electrons. The Kier molecular flexibility index (Phi) is 6.96. The minimum atomic E-state index is -4.36. The van der Waals surface area contributed by atoms with Crippen molar-refractivity contribution >= 4 is 22.3 Å². The Hall–Kier alpha value is -3.01. The monoisotopic (exact) mass is 502 g/mol. The standard InChI is InChI=1S/C26H30F4N6/c1-2-3-10-36-11-9-17(15-36)33-22-14-31-21(13-32-22)23-16(12-26(28,29)30)5-4-6-18-19(23)7-8-20-24(18)25(27)35-34-20/h7-8,13-14,17H,2-6,9-12,15H2,1H3,(H,32,33)(H,34,35)/t17-/m1/s1. The summed E-state index contributed by atoms with van der Waals surface area (Å²) in [7, 11) is 0. The maximum Gasteiger partial charge on any atom is 0.392 e. The second-order valence-corrected chi connectivity index (χ2v) is 9.72. The molecule has 2 aromatic heterocycles. The van der Waals surface area contributed by atoms with E-state index in [0.29, 0.717) is 52.0 Å². The fraction of sp³-hybridized carbons (Fsp3) is 0.500. The van der Waals surface area contributed by atoms with Gasteiger partial charge in [0.1, 0.15) is 5.82 Å². The number of aromatic nitrogens is 4. The van der Waals surface area contributed by atoms with Gasteiger partial charge in [0.15, 0.2) is 0 Å². The third-order valence-electron chi connectivity index (χ3n) is 7.09. The molecule has 6 nitrogen and oxygen atoms in total. The number of hydrogen-bond donors (Lipinski definition) is 2. The maximum atomic E-state index is 14.6. The molecule has 0 spiro atoms. The van der Waals surface area contributed by atoms with Crippen molar-refractivity contribution in [3.63, 3.8) is 0 Å². The Morgan fingerprint density at radius 3 is 2.78 bits per heavy atom. The Morgan fingerprint density at radius 1 is 1.17 bits per heavy atom.